The molecule has 3 atom stereocenters. The molecule has 0 radical (unpaired) electrons. The third-order valence-corrected chi connectivity index (χ3v) is 11.3. The highest BCUT2D eigenvalue weighted by Gasteiger charge is 2.39. The number of nitriles is 1. The van der Waals surface area contributed by atoms with Crippen molar-refractivity contribution in [3.63, 3.8) is 0 Å². The Morgan fingerprint density at radius 1 is 0.885 bits per heavy atom. The molecule has 0 aliphatic carbocycles. The summed E-state index contributed by atoms with van der Waals surface area (Å²) in [5.74, 6) is -1.71. The van der Waals surface area contributed by atoms with Crippen LogP contribution in [0, 0.1) is 11.3 Å². The molecule has 6 aromatic carbocycles. The smallest absolute Gasteiger partial charge is 0.326 e. The van der Waals surface area contributed by atoms with Gasteiger partial charge in [0.15, 0.2) is 0 Å². The molecule has 0 aromatic heterocycles. The fourth-order valence-electron chi connectivity index (χ4n) is 7.43. The molecule has 2 aliphatic heterocycles. The van der Waals surface area contributed by atoms with Gasteiger partial charge in [0.05, 0.1) is 17.3 Å². The Hall–Kier alpha value is -7.13. The Bertz CT molecular complexity index is 2690. The molecular weight excluding hydrogens is 815 g/mol. The van der Waals surface area contributed by atoms with Crippen molar-refractivity contribution in [1.29, 1.82) is 5.26 Å². The van der Waals surface area contributed by atoms with Crippen LogP contribution >= 0.6 is 23.2 Å². The van der Waals surface area contributed by atoms with Gasteiger partial charge in [0.2, 0.25) is 12.0 Å². The zero-order valence-corrected chi connectivity index (χ0v) is 33.8. The SMILES string of the molecule is N#Cc1ccc(-c2ccc(CC(NC(=O)[C@@H]3Cc4cc5c(cc4CN3C(=O)c3ccccc3)O[C@@H](c3ccc(OCc4cc(Cl)ccc4Cl)cc3)C(=O)N5)C(=O)O)cc2)cc1. The number of rotatable bonds is 11. The van der Waals surface area contributed by atoms with E-state index in [0.717, 1.165) is 16.7 Å². The lowest BCUT2D eigenvalue weighted by atomic mass is 9.91. The average molecular weight is 852 g/mol. The number of amides is 3. The number of nitrogens with one attached hydrogen (secondary N) is 2. The van der Waals surface area contributed by atoms with Crippen LogP contribution in [-0.4, -0.2) is 45.8 Å². The zero-order chi connectivity index (χ0) is 42.6. The third kappa shape index (κ3) is 9.06. The number of fused-ring (bicyclic) bond motifs is 2. The minimum atomic E-state index is -1.29. The Morgan fingerprint density at radius 2 is 1.59 bits per heavy atom. The van der Waals surface area contributed by atoms with E-state index in [1.54, 1.807) is 109 Å². The largest absolute Gasteiger partial charge is 0.489 e. The van der Waals surface area contributed by atoms with E-state index in [-0.39, 0.29) is 26.0 Å². The number of halogens is 2. The van der Waals surface area contributed by atoms with E-state index in [1.165, 1.54) is 4.90 Å². The lowest BCUT2D eigenvalue weighted by Crippen LogP contribution is -2.56. The average Bonchev–Trinajstić information content (AvgIpc) is 3.28. The Balaban J connectivity index is 0.994. The molecule has 3 N–H and O–H groups in total. The van der Waals surface area contributed by atoms with Crippen LogP contribution in [0.15, 0.2) is 133 Å². The van der Waals surface area contributed by atoms with E-state index >= 15 is 0 Å². The van der Waals surface area contributed by atoms with Crippen LogP contribution in [0.1, 0.15) is 49.8 Å². The summed E-state index contributed by atoms with van der Waals surface area (Å²) in [6, 6.07) is 38.3. The first-order chi connectivity index (χ1) is 29.5. The molecule has 2 heterocycles. The zero-order valence-electron chi connectivity index (χ0n) is 32.3. The van der Waals surface area contributed by atoms with Crippen LogP contribution in [0.25, 0.3) is 11.1 Å². The number of benzene rings is 6. The minimum Gasteiger partial charge on any atom is -0.489 e. The highest BCUT2D eigenvalue weighted by molar-refractivity contribution is 6.33. The summed E-state index contributed by atoms with van der Waals surface area (Å²) >= 11 is 12.4. The summed E-state index contributed by atoms with van der Waals surface area (Å²) in [7, 11) is 0. The Labute approximate surface area is 361 Å². The molecule has 13 heteroatoms. The number of nitrogens with zero attached hydrogens (tertiary/aromatic N) is 2. The van der Waals surface area contributed by atoms with Crippen LogP contribution in [0.4, 0.5) is 5.69 Å². The number of carbonyl (C=O) groups is 4. The number of anilines is 1. The summed E-state index contributed by atoms with van der Waals surface area (Å²) in [6.07, 6.45) is -0.929. The van der Waals surface area contributed by atoms with Crippen LogP contribution in [0.2, 0.25) is 10.0 Å². The van der Waals surface area contributed by atoms with Gasteiger partial charge < -0.3 is 30.1 Å². The van der Waals surface area contributed by atoms with E-state index in [1.807, 2.05) is 24.3 Å². The van der Waals surface area contributed by atoms with Gasteiger partial charge in [-0.15, -0.1) is 0 Å². The van der Waals surface area contributed by atoms with Gasteiger partial charge in [-0.2, -0.15) is 5.26 Å². The molecule has 0 bridgehead atoms. The van der Waals surface area contributed by atoms with Gasteiger partial charge in [0.1, 0.15) is 30.2 Å². The maximum atomic E-state index is 14.2. The first-order valence-electron chi connectivity index (χ1n) is 19.3. The number of carbonyl (C=O) groups excluding carboxylic acids is 3. The second-order valence-electron chi connectivity index (χ2n) is 14.7. The van der Waals surface area contributed by atoms with Crippen LogP contribution in [0.5, 0.6) is 11.5 Å². The van der Waals surface area contributed by atoms with E-state index in [2.05, 4.69) is 16.7 Å². The van der Waals surface area contributed by atoms with E-state index in [0.29, 0.717) is 60.6 Å². The highest BCUT2D eigenvalue weighted by Crippen LogP contribution is 2.40. The normalized spacial score (nSPS) is 15.8. The van der Waals surface area contributed by atoms with Crippen LogP contribution in [-0.2, 0) is 40.4 Å². The lowest BCUT2D eigenvalue weighted by Gasteiger charge is -2.37. The summed E-state index contributed by atoms with van der Waals surface area (Å²) in [5.41, 5.74) is 6.51. The standard InChI is InChI=1S/C48H36Cl2N4O7/c49-37-16-19-39(50)36(21-37)27-60-38-17-14-32(15-18-38)44-46(56)52-40-22-34-23-42(54(26-35(34)24-43(40)61-44)47(57)33-4-2-1-3-5-33)45(55)53-41(48(58)59)20-28-6-10-30(11-7-28)31-12-8-29(25-51)9-13-31/h1-19,21-22,24,41-42,44H,20,23,26-27H2,(H,52,56)(H,53,55)(H,58,59)/t41?,42-,44-/m0/s1. The number of carboxylic acids is 1. The molecule has 0 saturated heterocycles. The third-order valence-electron chi connectivity index (χ3n) is 10.7. The van der Waals surface area contributed by atoms with Crippen molar-refractivity contribution >= 4 is 52.6 Å². The Morgan fingerprint density at radius 3 is 2.28 bits per heavy atom. The van der Waals surface area contributed by atoms with Gasteiger partial charge in [-0.25, -0.2) is 4.79 Å². The number of hydrogen-bond donors (Lipinski definition) is 3. The Kier molecular flexibility index (Phi) is 11.7. The van der Waals surface area contributed by atoms with Gasteiger partial charge in [-0.1, -0.05) is 89.9 Å². The second-order valence-corrected chi connectivity index (χ2v) is 15.5. The van der Waals surface area contributed by atoms with Gasteiger partial charge in [0, 0.05) is 46.1 Å². The maximum absolute atomic E-state index is 14.2. The number of carboxylic acid groups (broad SMARTS) is 1. The molecule has 3 amide bonds. The molecule has 61 heavy (non-hydrogen) atoms. The summed E-state index contributed by atoms with van der Waals surface area (Å²) < 4.78 is 12.2. The van der Waals surface area contributed by atoms with Gasteiger partial charge >= 0.3 is 5.97 Å². The molecule has 0 saturated carbocycles. The topological polar surface area (TPSA) is 158 Å². The number of aliphatic carboxylic acids is 1. The maximum Gasteiger partial charge on any atom is 0.326 e. The van der Waals surface area contributed by atoms with Crippen molar-refractivity contribution in [3.05, 3.63) is 182 Å². The van der Waals surface area contributed by atoms with E-state index in [9.17, 15) is 24.3 Å². The minimum absolute atomic E-state index is 0.00363. The molecule has 304 valence electrons. The predicted octanol–water partition coefficient (Wildman–Crippen LogP) is 8.56. The molecule has 6 aromatic rings. The summed E-state index contributed by atoms with van der Waals surface area (Å²) in [4.78, 5) is 55.7. The van der Waals surface area contributed by atoms with Crippen LogP contribution in [0.3, 0.4) is 0 Å². The molecular formula is C48H36Cl2N4O7. The van der Waals surface area contributed by atoms with Crippen molar-refractivity contribution in [1.82, 2.24) is 10.2 Å². The van der Waals surface area contributed by atoms with Crippen molar-refractivity contribution in [2.24, 2.45) is 0 Å². The first kappa shape index (κ1) is 40.6. The predicted molar refractivity (Wildman–Crippen MR) is 229 cm³/mol. The molecule has 8 rings (SSSR count). The monoisotopic (exact) mass is 850 g/mol. The number of ether oxygens (including phenoxy) is 2. The molecule has 11 nitrogen and oxygen atoms in total. The summed E-state index contributed by atoms with van der Waals surface area (Å²) in [5, 5.41) is 26.1. The molecule has 1 unspecified atom stereocenters. The van der Waals surface area contributed by atoms with Gasteiger partial charge in [0.25, 0.3) is 11.8 Å². The molecule has 0 fully saturated rings. The van der Waals surface area contributed by atoms with Gasteiger partial charge in [-0.05, 0) is 94.5 Å². The van der Waals surface area contributed by atoms with Crippen molar-refractivity contribution in [2.75, 3.05) is 5.32 Å². The summed E-state index contributed by atoms with van der Waals surface area (Å²) in [6.45, 7) is 0.217. The van der Waals surface area contributed by atoms with Gasteiger partial charge in [-0.3, -0.25) is 14.4 Å². The van der Waals surface area contributed by atoms with Crippen molar-refractivity contribution in [3.8, 4) is 28.7 Å². The quantitative estimate of drug-likeness (QED) is 0.117. The molecule has 2 aliphatic rings. The lowest BCUT2D eigenvalue weighted by molar-refractivity contribution is -0.142. The molecule has 0 spiro atoms. The van der Waals surface area contributed by atoms with E-state index < -0.39 is 41.9 Å². The second kappa shape index (κ2) is 17.6. The fourth-order valence-corrected chi connectivity index (χ4v) is 7.80. The van der Waals surface area contributed by atoms with Crippen molar-refractivity contribution in [2.45, 2.75) is 44.2 Å². The fraction of sp³-hybridized carbons (Fsp3) is 0.146. The van der Waals surface area contributed by atoms with Crippen LogP contribution < -0.4 is 20.1 Å². The van der Waals surface area contributed by atoms with E-state index in [4.69, 9.17) is 37.9 Å². The highest BCUT2D eigenvalue weighted by atomic mass is 35.5. The first-order valence-corrected chi connectivity index (χ1v) is 20.1. The number of hydrogen-bond acceptors (Lipinski definition) is 7. The van der Waals surface area contributed by atoms with Crippen molar-refractivity contribution < 1.29 is 33.8 Å².